The fraction of sp³-hybridized carbons (Fsp3) is 0.333. The van der Waals surface area contributed by atoms with Crippen LogP contribution in [0.2, 0.25) is 0 Å². The zero-order chi connectivity index (χ0) is 7.78. The highest BCUT2D eigenvalue weighted by molar-refractivity contribution is 5.29. The molecule has 0 fully saturated rings. The molecule has 0 unspecified atom stereocenters. The normalized spacial score (nSPS) is 23.4. The van der Waals surface area contributed by atoms with E-state index in [4.69, 9.17) is 22.9 Å². The fourth-order valence-corrected chi connectivity index (χ4v) is 1.02. The topological polar surface area (TPSA) is 104 Å². The van der Waals surface area contributed by atoms with Crippen LogP contribution in [0, 0.1) is 0 Å². The van der Waals surface area contributed by atoms with Crippen LogP contribution in [-0.4, -0.2) is 5.66 Å². The summed E-state index contributed by atoms with van der Waals surface area (Å²) in [6, 6.07) is 0. The average molecular weight is 140 g/mol. The summed E-state index contributed by atoms with van der Waals surface area (Å²) in [5.41, 5.74) is 22.4. The molecule has 1 rings (SSSR count). The molecule has 0 amide bonds. The lowest BCUT2D eigenvalue weighted by molar-refractivity contribution is 0.534. The molecule has 0 saturated heterocycles. The Balaban J connectivity index is 2.88. The second-order valence-corrected chi connectivity index (χ2v) is 2.65. The molecule has 56 valence electrons. The highest BCUT2D eigenvalue weighted by atomic mass is 15.0. The van der Waals surface area contributed by atoms with Crippen molar-refractivity contribution in [3.05, 3.63) is 23.5 Å². The van der Waals surface area contributed by atoms with Gasteiger partial charge in [0.25, 0.3) is 0 Å². The smallest absolute Gasteiger partial charge is 0.0906 e. The van der Waals surface area contributed by atoms with E-state index in [0.29, 0.717) is 17.8 Å². The number of allylic oxidation sites excluding steroid dienone is 1. The molecule has 0 radical (unpaired) electrons. The minimum absolute atomic E-state index is 0.466. The second-order valence-electron chi connectivity index (χ2n) is 2.65. The summed E-state index contributed by atoms with van der Waals surface area (Å²) < 4.78 is 0. The maximum Gasteiger partial charge on any atom is 0.0906 e. The van der Waals surface area contributed by atoms with Gasteiger partial charge in [-0.05, 0) is 12.2 Å². The molecule has 0 heterocycles. The SMILES string of the molecule is NC1=CC(N)(N)CC(N)=C1. The van der Waals surface area contributed by atoms with Gasteiger partial charge in [0.1, 0.15) is 0 Å². The lowest BCUT2D eigenvalue weighted by atomic mass is 9.99. The Morgan fingerprint density at radius 1 is 1.30 bits per heavy atom. The van der Waals surface area contributed by atoms with Gasteiger partial charge in [0, 0.05) is 17.8 Å². The Kier molecular flexibility index (Phi) is 1.42. The van der Waals surface area contributed by atoms with Crippen LogP contribution in [0.3, 0.4) is 0 Å². The summed E-state index contributed by atoms with van der Waals surface area (Å²) in [7, 11) is 0. The molecule has 8 N–H and O–H groups in total. The predicted octanol–water partition coefficient (Wildman–Crippen LogP) is -1.31. The molecule has 0 spiro atoms. The van der Waals surface area contributed by atoms with E-state index in [1.54, 1.807) is 12.2 Å². The summed E-state index contributed by atoms with van der Waals surface area (Å²) in [5.74, 6) is 0. The van der Waals surface area contributed by atoms with Gasteiger partial charge in [-0.2, -0.15) is 0 Å². The molecule has 0 bridgehead atoms. The van der Waals surface area contributed by atoms with Crippen LogP contribution >= 0.6 is 0 Å². The molecule has 0 saturated carbocycles. The monoisotopic (exact) mass is 140 g/mol. The van der Waals surface area contributed by atoms with E-state index in [9.17, 15) is 0 Å². The predicted molar refractivity (Wildman–Crippen MR) is 40.3 cm³/mol. The lowest BCUT2D eigenvalue weighted by Crippen LogP contribution is -2.50. The molecule has 0 aliphatic heterocycles. The van der Waals surface area contributed by atoms with Gasteiger partial charge in [-0.25, -0.2) is 0 Å². The minimum atomic E-state index is -0.858. The van der Waals surface area contributed by atoms with Crippen LogP contribution in [0.5, 0.6) is 0 Å². The zero-order valence-corrected chi connectivity index (χ0v) is 5.67. The summed E-state index contributed by atoms with van der Waals surface area (Å²) in [5, 5.41) is 0. The van der Waals surface area contributed by atoms with Crippen LogP contribution in [-0.2, 0) is 0 Å². The molecule has 10 heavy (non-hydrogen) atoms. The molecule has 4 nitrogen and oxygen atoms in total. The van der Waals surface area contributed by atoms with Gasteiger partial charge < -0.3 is 22.9 Å². The third-order valence-electron chi connectivity index (χ3n) is 1.30. The summed E-state index contributed by atoms with van der Waals surface area (Å²) >= 11 is 0. The maximum atomic E-state index is 5.56. The van der Waals surface area contributed by atoms with E-state index in [1.807, 2.05) is 0 Å². The van der Waals surface area contributed by atoms with E-state index in [1.165, 1.54) is 0 Å². The highest BCUT2D eigenvalue weighted by Gasteiger charge is 2.20. The van der Waals surface area contributed by atoms with Crippen molar-refractivity contribution >= 4 is 0 Å². The van der Waals surface area contributed by atoms with E-state index in [-0.39, 0.29) is 0 Å². The standard InChI is InChI=1S/C6H12N4/c7-4-1-5(8)3-6(9,10)2-4/h1-2H,3,7-10H2. The first-order valence-corrected chi connectivity index (χ1v) is 3.02. The molecular weight excluding hydrogens is 128 g/mol. The first kappa shape index (κ1) is 7.11. The van der Waals surface area contributed by atoms with Gasteiger partial charge >= 0.3 is 0 Å². The van der Waals surface area contributed by atoms with Crippen molar-refractivity contribution in [3.63, 3.8) is 0 Å². The second kappa shape index (κ2) is 2.00. The van der Waals surface area contributed by atoms with Crippen LogP contribution in [0.15, 0.2) is 23.5 Å². The third kappa shape index (κ3) is 1.49. The van der Waals surface area contributed by atoms with Crippen molar-refractivity contribution in [1.29, 1.82) is 0 Å². The largest absolute Gasteiger partial charge is 0.402 e. The number of hydrogen-bond acceptors (Lipinski definition) is 4. The maximum absolute atomic E-state index is 5.56. The first-order chi connectivity index (χ1) is 4.49. The van der Waals surface area contributed by atoms with Crippen LogP contribution in [0.4, 0.5) is 0 Å². The Hall–Kier alpha value is -1.00. The number of hydrogen-bond donors (Lipinski definition) is 4. The van der Waals surface area contributed by atoms with E-state index in [0.717, 1.165) is 0 Å². The van der Waals surface area contributed by atoms with Crippen molar-refractivity contribution in [3.8, 4) is 0 Å². The molecule has 0 atom stereocenters. The Labute approximate surface area is 59.5 Å². The molecule has 0 aromatic heterocycles. The van der Waals surface area contributed by atoms with Crippen LogP contribution in [0.1, 0.15) is 6.42 Å². The van der Waals surface area contributed by atoms with Gasteiger partial charge in [0.05, 0.1) is 5.66 Å². The Morgan fingerprint density at radius 3 is 2.30 bits per heavy atom. The Morgan fingerprint density at radius 2 is 1.90 bits per heavy atom. The van der Waals surface area contributed by atoms with Gasteiger partial charge in [0.15, 0.2) is 0 Å². The quantitative estimate of drug-likeness (QED) is 0.313. The number of nitrogens with two attached hydrogens (primary N) is 4. The van der Waals surface area contributed by atoms with Crippen molar-refractivity contribution < 1.29 is 0 Å². The zero-order valence-electron chi connectivity index (χ0n) is 5.67. The van der Waals surface area contributed by atoms with E-state index in [2.05, 4.69) is 0 Å². The summed E-state index contributed by atoms with van der Waals surface area (Å²) in [6.45, 7) is 0. The van der Waals surface area contributed by atoms with Crippen molar-refractivity contribution in [2.24, 2.45) is 22.9 Å². The minimum Gasteiger partial charge on any atom is -0.402 e. The molecule has 0 aromatic rings. The van der Waals surface area contributed by atoms with Crippen LogP contribution in [0.25, 0.3) is 0 Å². The lowest BCUT2D eigenvalue weighted by Gasteiger charge is -2.24. The molecule has 1 aliphatic carbocycles. The van der Waals surface area contributed by atoms with Crippen LogP contribution < -0.4 is 22.9 Å². The van der Waals surface area contributed by atoms with Gasteiger partial charge in [-0.1, -0.05) is 0 Å². The van der Waals surface area contributed by atoms with Gasteiger partial charge in [-0.15, -0.1) is 0 Å². The van der Waals surface area contributed by atoms with Gasteiger partial charge in [0.2, 0.25) is 0 Å². The van der Waals surface area contributed by atoms with Crippen molar-refractivity contribution in [1.82, 2.24) is 0 Å². The molecule has 0 aromatic carbocycles. The van der Waals surface area contributed by atoms with Gasteiger partial charge in [-0.3, -0.25) is 0 Å². The molecular formula is C6H12N4. The first-order valence-electron chi connectivity index (χ1n) is 3.02. The summed E-state index contributed by atoms with van der Waals surface area (Å²) in [4.78, 5) is 0. The van der Waals surface area contributed by atoms with E-state index >= 15 is 0 Å². The Bertz CT molecular complexity index is 202. The highest BCUT2D eigenvalue weighted by Crippen LogP contribution is 2.14. The molecule has 1 aliphatic rings. The fourth-order valence-electron chi connectivity index (χ4n) is 1.02. The number of rotatable bonds is 0. The molecule has 4 heteroatoms. The van der Waals surface area contributed by atoms with E-state index < -0.39 is 5.66 Å². The summed E-state index contributed by atoms with van der Waals surface area (Å²) in [6.07, 6.45) is 3.73. The third-order valence-corrected chi connectivity index (χ3v) is 1.30. The average Bonchev–Trinajstić information content (AvgIpc) is 1.54. The van der Waals surface area contributed by atoms with Crippen molar-refractivity contribution in [2.75, 3.05) is 0 Å². The van der Waals surface area contributed by atoms with Crippen molar-refractivity contribution in [2.45, 2.75) is 12.1 Å².